The summed E-state index contributed by atoms with van der Waals surface area (Å²) in [6, 6.07) is 3.92. The minimum Gasteiger partial charge on any atom is -0.495 e. The topological polar surface area (TPSA) is 119 Å². The van der Waals surface area contributed by atoms with Crippen LogP contribution in [-0.4, -0.2) is 35.2 Å². The summed E-state index contributed by atoms with van der Waals surface area (Å²) in [6.07, 6.45) is 0. The highest BCUT2D eigenvalue weighted by Crippen LogP contribution is 2.29. The summed E-state index contributed by atoms with van der Waals surface area (Å²) in [5.74, 6) is -0.208. The smallest absolute Gasteiger partial charge is 0.286 e. The molecule has 0 atom stereocenters. The zero-order chi connectivity index (χ0) is 15.4. The van der Waals surface area contributed by atoms with E-state index < -0.39 is 10.8 Å². The van der Waals surface area contributed by atoms with Crippen molar-refractivity contribution in [3.05, 3.63) is 33.3 Å². The Kier molecular flexibility index (Phi) is 4.28. The Balaban J connectivity index is 2.26. The van der Waals surface area contributed by atoms with Crippen LogP contribution in [-0.2, 0) is 0 Å². The highest BCUT2D eigenvalue weighted by atomic mass is 32.1. The van der Waals surface area contributed by atoms with Gasteiger partial charge in [0.2, 0.25) is 10.1 Å². The molecule has 0 aliphatic heterocycles. The second kappa shape index (κ2) is 6.13. The van der Waals surface area contributed by atoms with Crippen LogP contribution in [0.15, 0.2) is 18.2 Å². The van der Waals surface area contributed by atoms with Crippen LogP contribution >= 0.6 is 11.3 Å². The molecule has 1 amide bonds. The van der Waals surface area contributed by atoms with Crippen LogP contribution < -0.4 is 15.4 Å². The number of rotatable bonds is 5. The summed E-state index contributed by atoms with van der Waals surface area (Å²) in [6.45, 7) is 0. The molecular formula is C11H11N5O4S. The fourth-order valence-electron chi connectivity index (χ4n) is 1.50. The summed E-state index contributed by atoms with van der Waals surface area (Å²) in [4.78, 5) is 22.3. The first kappa shape index (κ1) is 14.7. The molecule has 0 unspecified atom stereocenters. The maximum absolute atomic E-state index is 12.0. The van der Waals surface area contributed by atoms with Gasteiger partial charge in [-0.3, -0.25) is 14.9 Å². The second-order valence-electron chi connectivity index (χ2n) is 3.76. The number of non-ortho nitro benzene ring substituents is 1. The Labute approximate surface area is 123 Å². The Bertz CT molecular complexity index is 687. The highest BCUT2D eigenvalue weighted by Gasteiger charge is 2.17. The van der Waals surface area contributed by atoms with Crippen molar-refractivity contribution in [1.82, 2.24) is 10.2 Å². The summed E-state index contributed by atoms with van der Waals surface area (Å²) in [7, 11) is 3.06. The van der Waals surface area contributed by atoms with E-state index in [2.05, 4.69) is 20.8 Å². The highest BCUT2D eigenvalue weighted by molar-refractivity contribution is 7.17. The number of carbonyl (C=O) groups excluding carboxylic acids is 1. The lowest BCUT2D eigenvalue weighted by molar-refractivity contribution is -0.384. The molecule has 0 aliphatic rings. The van der Waals surface area contributed by atoms with Crippen molar-refractivity contribution >= 4 is 33.8 Å². The number of anilines is 2. The first-order chi connectivity index (χ1) is 10.0. The van der Waals surface area contributed by atoms with Crippen LogP contribution in [0, 0.1) is 10.1 Å². The molecule has 2 N–H and O–H groups in total. The predicted octanol–water partition coefficient (Wildman–Crippen LogP) is 1.75. The Morgan fingerprint density at radius 2 is 2.19 bits per heavy atom. The lowest BCUT2D eigenvalue weighted by atomic mass is 10.2. The van der Waals surface area contributed by atoms with Crippen molar-refractivity contribution in [1.29, 1.82) is 0 Å². The number of ether oxygens (including phenoxy) is 1. The molecule has 0 spiro atoms. The molecule has 1 aromatic carbocycles. The summed E-state index contributed by atoms with van der Waals surface area (Å²) in [5, 5.41) is 24.1. The van der Waals surface area contributed by atoms with E-state index in [0.717, 1.165) is 11.3 Å². The Morgan fingerprint density at radius 3 is 2.76 bits per heavy atom. The van der Waals surface area contributed by atoms with Gasteiger partial charge in [0, 0.05) is 19.2 Å². The minimum absolute atomic E-state index is 0.132. The van der Waals surface area contributed by atoms with E-state index >= 15 is 0 Å². The fraction of sp³-hybridized carbons (Fsp3) is 0.182. The molecule has 0 aliphatic carbocycles. The van der Waals surface area contributed by atoms with Crippen LogP contribution in [0.3, 0.4) is 0 Å². The van der Waals surface area contributed by atoms with E-state index in [4.69, 9.17) is 4.74 Å². The van der Waals surface area contributed by atoms with E-state index in [1.165, 1.54) is 25.3 Å². The minimum atomic E-state index is -0.556. The molecule has 0 radical (unpaired) electrons. The van der Waals surface area contributed by atoms with Crippen molar-refractivity contribution in [2.24, 2.45) is 0 Å². The number of nitro benzene ring substituents is 1. The molecule has 21 heavy (non-hydrogen) atoms. The largest absolute Gasteiger partial charge is 0.495 e. The van der Waals surface area contributed by atoms with Gasteiger partial charge in [-0.1, -0.05) is 11.3 Å². The molecule has 10 heteroatoms. The van der Waals surface area contributed by atoms with Crippen LogP contribution in [0.5, 0.6) is 5.75 Å². The Hall–Kier alpha value is -2.75. The number of hydrogen-bond donors (Lipinski definition) is 2. The zero-order valence-corrected chi connectivity index (χ0v) is 11.9. The SMILES string of the molecule is CNc1nnc(C(=O)Nc2cc([N+](=O)[O-])ccc2OC)s1. The molecular weight excluding hydrogens is 298 g/mol. The van der Waals surface area contributed by atoms with Crippen LogP contribution in [0.4, 0.5) is 16.5 Å². The maximum Gasteiger partial charge on any atom is 0.286 e. The van der Waals surface area contributed by atoms with Gasteiger partial charge in [0.1, 0.15) is 5.75 Å². The van der Waals surface area contributed by atoms with Crippen LogP contribution in [0.2, 0.25) is 0 Å². The summed E-state index contributed by atoms with van der Waals surface area (Å²) >= 11 is 1.06. The van der Waals surface area contributed by atoms with Crippen molar-refractivity contribution < 1.29 is 14.5 Å². The lowest BCUT2D eigenvalue weighted by Gasteiger charge is -2.08. The van der Waals surface area contributed by atoms with Crippen molar-refractivity contribution in [2.45, 2.75) is 0 Å². The fourth-order valence-corrected chi connectivity index (χ4v) is 2.09. The van der Waals surface area contributed by atoms with Gasteiger partial charge in [-0.2, -0.15) is 0 Å². The molecule has 2 rings (SSSR count). The first-order valence-electron chi connectivity index (χ1n) is 5.70. The lowest BCUT2D eigenvalue weighted by Crippen LogP contribution is -2.12. The van der Waals surface area contributed by atoms with Gasteiger partial charge >= 0.3 is 0 Å². The van der Waals surface area contributed by atoms with Crippen molar-refractivity contribution in [2.75, 3.05) is 24.8 Å². The van der Waals surface area contributed by atoms with Crippen molar-refractivity contribution in [3.8, 4) is 5.75 Å². The van der Waals surface area contributed by atoms with Gasteiger partial charge in [-0.25, -0.2) is 0 Å². The van der Waals surface area contributed by atoms with E-state index in [0.29, 0.717) is 10.9 Å². The Morgan fingerprint density at radius 1 is 1.43 bits per heavy atom. The normalized spacial score (nSPS) is 10.0. The third-order valence-corrected chi connectivity index (χ3v) is 3.41. The number of amides is 1. The molecule has 1 aromatic heterocycles. The van der Waals surface area contributed by atoms with Gasteiger partial charge in [-0.05, 0) is 6.07 Å². The summed E-state index contributed by atoms with van der Waals surface area (Å²) in [5.41, 5.74) is 0.0391. The molecule has 0 saturated heterocycles. The molecule has 2 aromatic rings. The van der Waals surface area contributed by atoms with Gasteiger partial charge in [0.15, 0.2) is 0 Å². The molecule has 0 fully saturated rings. The van der Waals surface area contributed by atoms with E-state index in [-0.39, 0.29) is 16.4 Å². The second-order valence-corrected chi connectivity index (χ2v) is 4.74. The molecule has 9 nitrogen and oxygen atoms in total. The molecule has 0 bridgehead atoms. The van der Waals surface area contributed by atoms with Gasteiger partial charge in [-0.15, -0.1) is 10.2 Å². The maximum atomic E-state index is 12.0. The van der Waals surface area contributed by atoms with Gasteiger partial charge in [0.05, 0.1) is 17.7 Å². The number of methoxy groups -OCH3 is 1. The average molecular weight is 309 g/mol. The zero-order valence-electron chi connectivity index (χ0n) is 11.1. The van der Waals surface area contributed by atoms with Crippen LogP contribution in [0.1, 0.15) is 9.80 Å². The monoisotopic (exact) mass is 309 g/mol. The van der Waals surface area contributed by atoms with E-state index in [1.807, 2.05) is 0 Å². The number of carbonyl (C=O) groups is 1. The number of nitrogens with zero attached hydrogens (tertiary/aromatic N) is 3. The number of aromatic nitrogens is 2. The van der Waals surface area contributed by atoms with Crippen LogP contribution in [0.25, 0.3) is 0 Å². The molecule has 1 heterocycles. The van der Waals surface area contributed by atoms with Gasteiger partial charge in [0.25, 0.3) is 11.6 Å². The first-order valence-corrected chi connectivity index (χ1v) is 6.52. The van der Waals surface area contributed by atoms with Crippen molar-refractivity contribution in [3.63, 3.8) is 0 Å². The number of nitro groups is 1. The van der Waals surface area contributed by atoms with E-state index in [9.17, 15) is 14.9 Å². The third-order valence-electron chi connectivity index (χ3n) is 2.48. The molecule has 110 valence electrons. The third kappa shape index (κ3) is 3.23. The number of nitrogens with one attached hydrogen (secondary N) is 2. The quantitative estimate of drug-likeness (QED) is 0.637. The van der Waals surface area contributed by atoms with E-state index in [1.54, 1.807) is 7.05 Å². The number of benzene rings is 1. The standard InChI is InChI=1S/C11H11N5O4S/c1-12-11-15-14-10(21-11)9(17)13-7-5-6(16(18)19)3-4-8(7)20-2/h3-5H,1-2H3,(H,12,15)(H,13,17). The average Bonchev–Trinajstić information content (AvgIpc) is 2.96. The predicted molar refractivity (Wildman–Crippen MR) is 77.1 cm³/mol. The van der Waals surface area contributed by atoms with Gasteiger partial charge < -0.3 is 15.4 Å². The molecule has 0 saturated carbocycles. The summed E-state index contributed by atoms with van der Waals surface area (Å²) < 4.78 is 5.06. The number of hydrogen-bond acceptors (Lipinski definition) is 8.